The quantitative estimate of drug-likeness (QED) is 0.641. The molecule has 2 N–H and O–H groups in total. The van der Waals surface area contributed by atoms with E-state index in [1.165, 1.54) is 25.7 Å². The molecule has 1 saturated carbocycles. The third kappa shape index (κ3) is 2.63. The van der Waals surface area contributed by atoms with Gasteiger partial charge in [-0.05, 0) is 30.5 Å². The summed E-state index contributed by atoms with van der Waals surface area (Å²) in [5.74, 6) is 0. The van der Waals surface area contributed by atoms with E-state index in [1.807, 2.05) is 7.05 Å². The predicted octanol–water partition coefficient (Wildman–Crippen LogP) is 1.66. The minimum Gasteiger partial charge on any atom is -0.366 e. The van der Waals surface area contributed by atoms with Crippen molar-refractivity contribution in [2.24, 2.45) is 5.41 Å². The van der Waals surface area contributed by atoms with Gasteiger partial charge in [-0.3, -0.25) is 0 Å². The van der Waals surface area contributed by atoms with Gasteiger partial charge >= 0.3 is 0 Å². The Balaban J connectivity index is 2.25. The SMILES string of the molecule is CNC(=S)NCC1(C)CCCC1. The summed E-state index contributed by atoms with van der Waals surface area (Å²) in [6, 6.07) is 0. The highest BCUT2D eigenvalue weighted by Crippen LogP contribution is 2.36. The van der Waals surface area contributed by atoms with E-state index in [0.29, 0.717) is 5.41 Å². The molecule has 0 heterocycles. The van der Waals surface area contributed by atoms with Crippen molar-refractivity contribution in [1.82, 2.24) is 10.6 Å². The van der Waals surface area contributed by atoms with Gasteiger partial charge in [-0.15, -0.1) is 0 Å². The van der Waals surface area contributed by atoms with Crippen LogP contribution in [0, 0.1) is 5.41 Å². The minimum atomic E-state index is 0.487. The Bertz CT molecular complexity index is 162. The molecule has 1 aliphatic carbocycles. The summed E-state index contributed by atoms with van der Waals surface area (Å²) in [5.41, 5.74) is 0.487. The monoisotopic (exact) mass is 186 g/mol. The lowest BCUT2D eigenvalue weighted by atomic mass is 9.89. The highest BCUT2D eigenvalue weighted by molar-refractivity contribution is 7.80. The molecular formula is C9H18N2S. The number of hydrogen-bond donors (Lipinski definition) is 2. The summed E-state index contributed by atoms with van der Waals surface area (Å²) in [5, 5.41) is 6.93. The van der Waals surface area contributed by atoms with Gasteiger partial charge in [0.15, 0.2) is 5.11 Å². The molecule has 0 spiro atoms. The van der Waals surface area contributed by atoms with Gasteiger partial charge in [0.25, 0.3) is 0 Å². The zero-order valence-electron chi connectivity index (χ0n) is 7.94. The molecule has 3 heteroatoms. The summed E-state index contributed by atoms with van der Waals surface area (Å²) >= 11 is 5.02. The first kappa shape index (κ1) is 9.78. The van der Waals surface area contributed by atoms with Gasteiger partial charge in [0.2, 0.25) is 0 Å². The molecule has 12 heavy (non-hydrogen) atoms. The maximum Gasteiger partial charge on any atom is 0.166 e. The van der Waals surface area contributed by atoms with Crippen molar-refractivity contribution in [3.63, 3.8) is 0 Å². The first-order valence-electron chi connectivity index (χ1n) is 4.62. The molecule has 0 saturated heterocycles. The lowest BCUT2D eigenvalue weighted by Gasteiger charge is -2.24. The molecule has 1 rings (SSSR count). The fraction of sp³-hybridized carbons (Fsp3) is 0.889. The first-order chi connectivity index (χ1) is 5.66. The molecule has 0 unspecified atom stereocenters. The van der Waals surface area contributed by atoms with Crippen molar-refractivity contribution in [2.45, 2.75) is 32.6 Å². The van der Waals surface area contributed by atoms with E-state index < -0.39 is 0 Å². The molecule has 0 aromatic rings. The molecular weight excluding hydrogens is 168 g/mol. The van der Waals surface area contributed by atoms with Crippen molar-refractivity contribution in [3.8, 4) is 0 Å². The van der Waals surface area contributed by atoms with Gasteiger partial charge in [0.05, 0.1) is 0 Å². The summed E-state index contributed by atoms with van der Waals surface area (Å²) in [6.45, 7) is 3.36. The third-order valence-electron chi connectivity index (χ3n) is 2.71. The molecule has 70 valence electrons. The third-order valence-corrected chi connectivity index (χ3v) is 3.06. The molecule has 0 aromatic heterocycles. The summed E-state index contributed by atoms with van der Waals surface area (Å²) in [7, 11) is 1.85. The van der Waals surface area contributed by atoms with Gasteiger partial charge in [-0.2, -0.15) is 0 Å². The van der Waals surface area contributed by atoms with E-state index in [9.17, 15) is 0 Å². The smallest absolute Gasteiger partial charge is 0.166 e. The Morgan fingerprint density at radius 3 is 2.50 bits per heavy atom. The molecule has 1 aliphatic rings. The van der Waals surface area contributed by atoms with Gasteiger partial charge in [0, 0.05) is 13.6 Å². The zero-order valence-corrected chi connectivity index (χ0v) is 8.76. The molecule has 2 nitrogen and oxygen atoms in total. The van der Waals surface area contributed by atoms with E-state index in [1.54, 1.807) is 0 Å². The predicted molar refractivity (Wildman–Crippen MR) is 56.2 cm³/mol. The lowest BCUT2D eigenvalue weighted by Crippen LogP contribution is -2.38. The Morgan fingerprint density at radius 2 is 2.00 bits per heavy atom. The van der Waals surface area contributed by atoms with Crippen LogP contribution in [0.25, 0.3) is 0 Å². The molecule has 0 aromatic carbocycles. The minimum absolute atomic E-state index is 0.487. The van der Waals surface area contributed by atoms with Crippen LogP contribution in [0.4, 0.5) is 0 Å². The van der Waals surface area contributed by atoms with Crippen molar-refractivity contribution in [2.75, 3.05) is 13.6 Å². The average molecular weight is 186 g/mol. The normalized spacial score (nSPS) is 20.5. The highest BCUT2D eigenvalue weighted by Gasteiger charge is 2.28. The Morgan fingerprint density at radius 1 is 1.42 bits per heavy atom. The van der Waals surface area contributed by atoms with Crippen LogP contribution in [-0.2, 0) is 0 Å². The highest BCUT2D eigenvalue weighted by atomic mass is 32.1. The Kier molecular flexibility index (Phi) is 3.32. The van der Waals surface area contributed by atoms with E-state index in [2.05, 4.69) is 17.6 Å². The fourth-order valence-electron chi connectivity index (χ4n) is 1.79. The second-order valence-electron chi connectivity index (χ2n) is 3.95. The Labute approximate surface area is 80.1 Å². The van der Waals surface area contributed by atoms with Crippen molar-refractivity contribution < 1.29 is 0 Å². The second-order valence-corrected chi connectivity index (χ2v) is 4.36. The van der Waals surface area contributed by atoms with Gasteiger partial charge in [-0.1, -0.05) is 19.8 Å². The molecule has 0 radical (unpaired) electrons. The van der Waals surface area contributed by atoms with Crippen LogP contribution in [0.2, 0.25) is 0 Å². The van der Waals surface area contributed by atoms with Crippen molar-refractivity contribution in [1.29, 1.82) is 0 Å². The van der Waals surface area contributed by atoms with Gasteiger partial charge in [0.1, 0.15) is 0 Å². The summed E-state index contributed by atoms with van der Waals surface area (Å²) in [4.78, 5) is 0. The topological polar surface area (TPSA) is 24.1 Å². The molecule has 0 aliphatic heterocycles. The van der Waals surface area contributed by atoms with Crippen LogP contribution >= 0.6 is 12.2 Å². The van der Waals surface area contributed by atoms with E-state index >= 15 is 0 Å². The van der Waals surface area contributed by atoms with Crippen LogP contribution in [0.1, 0.15) is 32.6 Å². The second kappa shape index (κ2) is 4.08. The molecule has 0 atom stereocenters. The van der Waals surface area contributed by atoms with Gasteiger partial charge in [-0.25, -0.2) is 0 Å². The fourth-order valence-corrected chi connectivity index (χ4v) is 1.86. The van der Waals surface area contributed by atoms with Crippen molar-refractivity contribution in [3.05, 3.63) is 0 Å². The van der Waals surface area contributed by atoms with Crippen LogP contribution in [0.15, 0.2) is 0 Å². The largest absolute Gasteiger partial charge is 0.366 e. The number of hydrogen-bond acceptors (Lipinski definition) is 1. The van der Waals surface area contributed by atoms with Crippen LogP contribution in [0.3, 0.4) is 0 Å². The van der Waals surface area contributed by atoms with Crippen LogP contribution in [0.5, 0.6) is 0 Å². The lowest BCUT2D eigenvalue weighted by molar-refractivity contribution is 0.335. The first-order valence-corrected chi connectivity index (χ1v) is 5.03. The zero-order chi connectivity index (χ0) is 9.03. The van der Waals surface area contributed by atoms with E-state index in [4.69, 9.17) is 12.2 Å². The van der Waals surface area contributed by atoms with Crippen LogP contribution < -0.4 is 10.6 Å². The van der Waals surface area contributed by atoms with Gasteiger partial charge < -0.3 is 10.6 Å². The number of thiocarbonyl (C=S) groups is 1. The molecule has 0 bridgehead atoms. The Hall–Kier alpha value is -0.310. The van der Waals surface area contributed by atoms with Crippen molar-refractivity contribution >= 4 is 17.3 Å². The standard InChI is InChI=1S/C9H18N2S/c1-9(5-3-4-6-9)7-11-8(12)10-2/h3-7H2,1-2H3,(H2,10,11,12). The van der Waals surface area contributed by atoms with Crippen LogP contribution in [-0.4, -0.2) is 18.7 Å². The molecule has 1 fully saturated rings. The van der Waals surface area contributed by atoms with E-state index in [-0.39, 0.29) is 0 Å². The van der Waals surface area contributed by atoms with E-state index in [0.717, 1.165) is 11.7 Å². The maximum absolute atomic E-state index is 5.02. The number of rotatable bonds is 2. The molecule has 0 amide bonds. The maximum atomic E-state index is 5.02. The summed E-state index contributed by atoms with van der Waals surface area (Å²) < 4.78 is 0. The number of nitrogens with one attached hydrogen (secondary N) is 2. The average Bonchev–Trinajstić information content (AvgIpc) is 2.49. The summed E-state index contributed by atoms with van der Waals surface area (Å²) in [6.07, 6.45) is 5.44.